The molecule has 0 unspecified atom stereocenters. The normalized spacial score (nSPS) is 10.4. The zero-order valence-electron chi connectivity index (χ0n) is 8.95. The first-order valence-corrected chi connectivity index (χ1v) is 4.71. The third-order valence-corrected chi connectivity index (χ3v) is 1.98. The molecule has 0 saturated carbocycles. The molecule has 0 aliphatic rings. The second kappa shape index (κ2) is 4.16. The van der Waals surface area contributed by atoms with Crippen LogP contribution >= 0.6 is 0 Å². The number of carbonyl (C=O) groups excluding carboxylic acids is 2. The highest BCUT2D eigenvalue weighted by molar-refractivity contribution is 5.91. The molecule has 8 nitrogen and oxygen atoms in total. The van der Waals surface area contributed by atoms with E-state index in [2.05, 4.69) is 15.2 Å². The molecule has 88 valence electrons. The van der Waals surface area contributed by atoms with E-state index in [1.54, 1.807) is 0 Å². The molecule has 2 N–H and O–H groups in total. The number of primary amides is 1. The molecule has 2 aromatic heterocycles. The van der Waals surface area contributed by atoms with E-state index in [0.29, 0.717) is 0 Å². The predicted octanol–water partition coefficient (Wildman–Crippen LogP) is -0.384. The highest BCUT2D eigenvalue weighted by Gasteiger charge is 2.11. The summed E-state index contributed by atoms with van der Waals surface area (Å²) in [6, 6.07) is 0. The Morgan fingerprint density at radius 3 is 2.76 bits per heavy atom. The van der Waals surface area contributed by atoms with Crippen molar-refractivity contribution in [2.75, 3.05) is 0 Å². The molecule has 0 aliphatic heterocycles. The van der Waals surface area contributed by atoms with Crippen molar-refractivity contribution in [3.63, 3.8) is 0 Å². The number of rotatable bonds is 4. The van der Waals surface area contributed by atoms with E-state index in [4.69, 9.17) is 10.2 Å². The van der Waals surface area contributed by atoms with Crippen LogP contribution in [0.4, 0.5) is 0 Å². The van der Waals surface area contributed by atoms with Gasteiger partial charge < -0.3 is 10.2 Å². The Balaban J connectivity index is 2.13. The third kappa shape index (κ3) is 2.36. The maximum Gasteiger partial charge on any atom is 0.270 e. The lowest BCUT2D eigenvalue weighted by Crippen LogP contribution is -2.13. The fraction of sp³-hybridized carbons (Fsp3) is 0.222. The largest absolute Gasteiger partial charge is 0.446 e. The summed E-state index contributed by atoms with van der Waals surface area (Å²) >= 11 is 0. The van der Waals surface area contributed by atoms with Crippen LogP contribution in [0, 0.1) is 0 Å². The Kier molecular flexibility index (Phi) is 2.69. The first kappa shape index (κ1) is 11.0. The number of ketones is 1. The maximum absolute atomic E-state index is 11.0. The van der Waals surface area contributed by atoms with Gasteiger partial charge in [-0.3, -0.25) is 9.59 Å². The van der Waals surface area contributed by atoms with Crippen LogP contribution in [0.1, 0.15) is 33.8 Å². The van der Waals surface area contributed by atoms with Crippen molar-refractivity contribution in [1.29, 1.82) is 0 Å². The number of carbonyl (C=O) groups is 2. The summed E-state index contributed by atoms with van der Waals surface area (Å²) in [6.45, 7) is 1.51. The summed E-state index contributed by atoms with van der Waals surface area (Å²) in [5.74, 6) is -0.568. The molecule has 2 rings (SSSR count). The molecule has 0 spiro atoms. The third-order valence-electron chi connectivity index (χ3n) is 1.98. The van der Waals surface area contributed by atoms with Gasteiger partial charge in [-0.05, 0) is 0 Å². The maximum atomic E-state index is 11.0. The molecule has 2 heterocycles. The van der Waals surface area contributed by atoms with Gasteiger partial charge in [-0.25, -0.2) is 4.98 Å². The highest BCUT2D eigenvalue weighted by Crippen LogP contribution is 2.04. The summed E-state index contributed by atoms with van der Waals surface area (Å²) in [5, 5.41) is 7.61. The lowest BCUT2D eigenvalue weighted by Gasteiger charge is -1.93. The van der Waals surface area contributed by atoms with E-state index >= 15 is 0 Å². The molecule has 2 aromatic rings. The van der Waals surface area contributed by atoms with Crippen LogP contribution in [0.3, 0.4) is 0 Å². The van der Waals surface area contributed by atoms with Crippen molar-refractivity contribution < 1.29 is 14.0 Å². The van der Waals surface area contributed by atoms with Crippen molar-refractivity contribution in [1.82, 2.24) is 20.0 Å². The van der Waals surface area contributed by atoms with Gasteiger partial charge in [-0.1, -0.05) is 0 Å². The number of oxazole rings is 1. The van der Waals surface area contributed by atoms with Gasteiger partial charge in [-0.15, -0.1) is 5.10 Å². The van der Waals surface area contributed by atoms with Gasteiger partial charge in [0.25, 0.3) is 5.91 Å². The molecule has 0 saturated heterocycles. The van der Waals surface area contributed by atoms with E-state index in [1.165, 1.54) is 24.2 Å². The number of nitrogens with zero attached hydrogens (tertiary/aromatic N) is 4. The summed E-state index contributed by atoms with van der Waals surface area (Å²) in [4.78, 5) is 26.9. The smallest absolute Gasteiger partial charge is 0.270 e. The van der Waals surface area contributed by atoms with Gasteiger partial charge in [0.05, 0.1) is 6.20 Å². The van der Waals surface area contributed by atoms with Gasteiger partial charge >= 0.3 is 0 Å². The van der Waals surface area contributed by atoms with Crippen LogP contribution in [0.2, 0.25) is 0 Å². The molecule has 8 heteroatoms. The Labute approximate surface area is 95.4 Å². The fourth-order valence-electron chi connectivity index (χ4n) is 1.15. The highest BCUT2D eigenvalue weighted by atomic mass is 16.3. The number of Topliss-reactive ketones (excluding diaryl/α,β-unsaturated/α-hetero) is 1. The molecular formula is C9H9N5O3. The Morgan fingerprint density at radius 2 is 2.24 bits per heavy atom. The number of nitrogens with two attached hydrogens (primary N) is 1. The minimum absolute atomic E-state index is 0.0587. The lowest BCUT2D eigenvalue weighted by molar-refractivity contribution is 0.0991. The molecule has 17 heavy (non-hydrogen) atoms. The zero-order chi connectivity index (χ0) is 12.4. The SMILES string of the molecule is CC(=O)c1coc(Cn2ncc(C(N)=O)n2)n1. The molecule has 0 radical (unpaired) electrons. The van der Waals surface area contributed by atoms with Gasteiger partial charge in [0.1, 0.15) is 18.5 Å². The summed E-state index contributed by atoms with van der Waals surface area (Å²) in [5.41, 5.74) is 5.32. The summed E-state index contributed by atoms with van der Waals surface area (Å²) in [7, 11) is 0. The number of hydrogen-bond acceptors (Lipinski definition) is 6. The second-order valence-electron chi connectivity index (χ2n) is 3.31. The predicted molar refractivity (Wildman–Crippen MR) is 54.1 cm³/mol. The topological polar surface area (TPSA) is 117 Å². The van der Waals surface area contributed by atoms with E-state index in [9.17, 15) is 9.59 Å². The Hall–Kier alpha value is -2.51. The van der Waals surface area contributed by atoms with E-state index in [-0.39, 0.29) is 29.6 Å². The molecule has 0 aliphatic carbocycles. The average Bonchev–Trinajstić information content (AvgIpc) is 2.87. The van der Waals surface area contributed by atoms with Crippen LogP contribution in [-0.2, 0) is 6.54 Å². The molecule has 0 fully saturated rings. The Morgan fingerprint density at radius 1 is 1.47 bits per heavy atom. The fourth-order valence-corrected chi connectivity index (χ4v) is 1.15. The zero-order valence-corrected chi connectivity index (χ0v) is 8.95. The molecular weight excluding hydrogens is 226 g/mol. The first-order chi connectivity index (χ1) is 8.06. The summed E-state index contributed by atoms with van der Waals surface area (Å²) < 4.78 is 5.05. The van der Waals surface area contributed by atoms with E-state index < -0.39 is 5.91 Å². The molecule has 1 amide bonds. The van der Waals surface area contributed by atoms with Crippen LogP contribution in [0.25, 0.3) is 0 Å². The monoisotopic (exact) mass is 235 g/mol. The summed E-state index contributed by atoms with van der Waals surface area (Å²) in [6.07, 6.45) is 2.51. The van der Waals surface area contributed by atoms with Crippen LogP contribution in [0.5, 0.6) is 0 Å². The van der Waals surface area contributed by atoms with E-state index in [0.717, 1.165) is 0 Å². The molecule has 0 bridgehead atoms. The average molecular weight is 235 g/mol. The Bertz CT molecular complexity index is 520. The quantitative estimate of drug-likeness (QED) is 0.721. The van der Waals surface area contributed by atoms with Crippen LogP contribution in [0.15, 0.2) is 16.9 Å². The van der Waals surface area contributed by atoms with Gasteiger partial charge in [0, 0.05) is 6.92 Å². The van der Waals surface area contributed by atoms with Crippen LogP contribution in [-0.4, -0.2) is 31.7 Å². The number of aromatic nitrogens is 4. The van der Waals surface area contributed by atoms with Crippen LogP contribution < -0.4 is 5.73 Å². The second-order valence-corrected chi connectivity index (χ2v) is 3.31. The van der Waals surface area contributed by atoms with Crippen molar-refractivity contribution in [3.05, 3.63) is 29.7 Å². The van der Waals surface area contributed by atoms with Gasteiger partial charge in [0.15, 0.2) is 11.5 Å². The minimum atomic E-state index is -0.659. The van der Waals surface area contributed by atoms with E-state index in [1.807, 2.05) is 0 Å². The van der Waals surface area contributed by atoms with Crippen molar-refractivity contribution in [3.8, 4) is 0 Å². The lowest BCUT2D eigenvalue weighted by atomic mass is 10.3. The molecule has 0 aromatic carbocycles. The minimum Gasteiger partial charge on any atom is -0.446 e. The number of hydrogen-bond donors (Lipinski definition) is 1. The van der Waals surface area contributed by atoms with Gasteiger partial charge in [0.2, 0.25) is 5.89 Å². The van der Waals surface area contributed by atoms with Crippen molar-refractivity contribution >= 4 is 11.7 Å². The van der Waals surface area contributed by atoms with Crippen molar-refractivity contribution in [2.24, 2.45) is 5.73 Å². The van der Waals surface area contributed by atoms with Crippen molar-refractivity contribution in [2.45, 2.75) is 13.5 Å². The first-order valence-electron chi connectivity index (χ1n) is 4.71. The standard InChI is InChI=1S/C9H9N5O3/c1-5(15)7-4-17-8(12-7)3-14-11-2-6(13-14)9(10)16/h2,4H,3H2,1H3,(H2,10,16). The molecule has 0 atom stereocenters. The van der Waals surface area contributed by atoms with Gasteiger partial charge in [-0.2, -0.15) is 9.90 Å². The number of amides is 1.